The lowest BCUT2D eigenvalue weighted by molar-refractivity contribution is 0.154. The molecule has 0 fully saturated rings. The van der Waals surface area contributed by atoms with Crippen molar-refractivity contribution in [2.24, 2.45) is 0 Å². The molecule has 0 spiro atoms. The van der Waals surface area contributed by atoms with Crippen molar-refractivity contribution in [1.29, 1.82) is 0 Å². The molecule has 0 unspecified atom stereocenters. The standard InChI is InChI=1S/C15H25ClN2O/c1-5-19-10-9-18(4)15-8-6-7-14(16)13(15)11-17-12(2)3/h6-8,12,17H,5,9-11H2,1-4H3. The van der Waals surface area contributed by atoms with E-state index in [0.717, 1.165) is 36.9 Å². The Bertz CT molecular complexity index is 382. The summed E-state index contributed by atoms with van der Waals surface area (Å²) in [6.45, 7) is 9.41. The molecule has 0 aliphatic rings. The van der Waals surface area contributed by atoms with Crippen LogP contribution in [0.1, 0.15) is 26.3 Å². The van der Waals surface area contributed by atoms with Crippen molar-refractivity contribution in [2.75, 3.05) is 31.7 Å². The summed E-state index contributed by atoms with van der Waals surface area (Å²) in [5.41, 5.74) is 2.32. The van der Waals surface area contributed by atoms with Crippen LogP contribution in [0, 0.1) is 0 Å². The highest BCUT2D eigenvalue weighted by molar-refractivity contribution is 6.31. The second kappa shape index (κ2) is 8.41. The minimum atomic E-state index is 0.442. The third-order valence-electron chi connectivity index (χ3n) is 2.97. The topological polar surface area (TPSA) is 24.5 Å². The van der Waals surface area contributed by atoms with E-state index in [2.05, 4.69) is 37.2 Å². The van der Waals surface area contributed by atoms with Gasteiger partial charge in [0.25, 0.3) is 0 Å². The fourth-order valence-electron chi connectivity index (χ4n) is 1.85. The van der Waals surface area contributed by atoms with Crippen molar-refractivity contribution >= 4 is 17.3 Å². The maximum absolute atomic E-state index is 6.32. The zero-order valence-corrected chi connectivity index (χ0v) is 13.1. The summed E-state index contributed by atoms with van der Waals surface area (Å²) in [5, 5.41) is 4.24. The first-order chi connectivity index (χ1) is 9.06. The van der Waals surface area contributed by atoms with E-state index in [1.54, 1.807) is 0 Å². The van der Waals surface area contributed by atoms with Crippen LogP contribution in [-0.2, 0) is 11.3 Å². The molecule has 0 aliphatic heterocycles. The number of hydrogen-bond donors (Lipinski definition) is 1. The van der Waals surface area contributed by atoms with Crippen LogP contribution in [0.25, 0.3) is 0 Å². The van der Waals surface area contributed by atoms with Crippen LogP contribution in [-0.4, -0.2) is 32.8 Å². The Morgan fingerprint density at radius 3 is 2.74 bits per heavy atom. The van der Waals surface area contributed by atoms with Gasteiger partial charge in [-0.1, -0.05) is 31.5 Å². The zero-order valence-electron chi connectivity index (χ0n) is 12.4. The minimum absolute atomic E-state index is 0.442. The van der Waals surface area contributed by atoms with Crippen molar-refractivity contribution < 1.29 is 4.74 Å². The number of rotatable bonds is 8. The van der Waals surface area contributed by atoms with Gasteiger partial charge in [-0.3, -0.25) is 0 Å². The molecular formula is C15H25ClN2O. The number of ether oxygens (including phenoxy) is 1. The van der Waals surface area contributed by atoms with Crippen LogP contribution in [0.15, 0.2) is 18.2 Å². The molecule has 0 radical (unpaired) electrons. The molecule has 108 valence electrons. The maximum atomic E-state index is 6.32. The van der Waals surface area contributed by atoms with Crippen LogP contribution in [0.3, 0.4) is 0 Å². The largest absolute Gasteiger partial charge is 0.380 e. The summed E-state index contributed by atoms with van der Waals surface area (Å²) in [6.07, 6.45) is 0. The fourth-order valence-corrected chi connectivity index (χ4v) is 2.09. The van der Waals surface area contributed by atoms with E-state index in [0.29, 0.717) is 6.04 Å². The lowest BCUT2D eigenvalue weighted by Gasteiger charge is -2.24. The molecule has 4 heteroatoms. The highest BCUT2D eigenvalue weighted by Gasteiger charge is 2.11. The van der Waals surface area contributed by atoms with Crippen molar-refractivity contribution in [3.63, 3.8) is 0 Å². The third-order valence-corrected chi connectivity index (χ3v) is 3.32. The molecular weight excluding hydrogens is 260 g/mol. The van der Waals surface area contributed by atoms with Gasteiger partial charge in [0.1, 0.15) is 0 Å². The van der Waals surface area contributed by atoms with Crippen molar-refractivity contribution in [2.45, 2.75) is 33.4 Å². The Morgan fingerprint density at radius 1 is 1.37 bits per heavy atom. The van der Waals surface area contributed by atoms with Gasteiger partial charge >= 0.3 is 0 Å². The van der Waals surface area contributed by atoms with E-state index in [1.165, 1.54) is 5.69 Å². The Morgan fingerprint density at radius 2 is 2.11 bits per heavy atom. The van der Waals surface area contributed by atoms with Crippen LogP contribution in [0.2, 0.25) is 5.02 Å². The minimum Gasteiger partial charge on any atom is -0.380 e. The van der Waals surface area contributed by atoms with Gasteiger partial charge in [0, 0.05) is 49.1 Å². The van der Waals surface area contributed by atoms with Gasteiger partial charge in [0.05, 0.1) is 6.61 Å². The first kappa shape index (κ1) is 16.3. The molecule has 1 aromatic carbocycles. The summed E-state index contributed by atoms with van der Waals surface area (Å²) < 4.78 is 5.40. The van der Waals surface area contributed by atoms with Crippen LogP contribution in [0.4, 0.5) is 5.69 Å². The van der Waals surface area contributed by atoms with Gasteiger partial charge < -0.3 is 15.0 Å². The fraction of sp³-hybridized carbons (Fsp3) is 0.600. The highest BCUT2D eigenvalue weighted by atomic mass is 35.5. The second-order valence-electron chi connectivity index (χ2n) is 4.89. The first-order valence-corrected chi connectivity index (χ1v) is 7.23. The summed E-state index contributed by atoms with van der Waals surface area (Å²) in [7, 11) is 2.07. The van der Waals surface area contributed by atoms with E-state index in [1.807, 2.05) is 19.1 Å². The molecule has 19 heavy (non-hydrogen) atoms. The van der Waals surface area contributed by atoms with Crippen molar-refractivity contribution in [3.8, 4) is 0 Å². The van der Waals surface area contributed by atoms with Gasteiger partial charge in [0.2, 0.25) is 0 Å². The number of halogens is 1. The monoisotopic (exact) mass is 284 g/mol. The summed E-state index contributed by atoms with van der Waals surface area (Å²) in [4.78, 5) is 2.19. The first-order valence-electron chi connectivity index (χ1n) is 6.85. The Hall–Kier alpha value is -0.770. The molecule has 1 rings (SSSR count). The predicted molar refractivity (Wildman–Crippen MR) is 83.2 cm³/mol. The summed E-state index contributed by atoms with van der Waals surface area (Å²) in [6, 6.07) is 6.49. The average Bonchev–Trinajstić information content (AvgIpc) is 2.37. The van der Waals surface area contributed by atoms with E-state index in [4.69, 9.17) is 16.3 Å². The molecule has 1 aromatic rings. The number of likely N-dealkylation sites (N-methyl/N-ethyl adjacent to an activating group) is 1. The number of anilines is 1. The van der Waals surface area contributed by atoms with Crippen molar-refractivity contribution in [3.05, 3.63) is 28.8 Å². The molecule has 0 saturated carbocycles. The average molecular weight is 285 g/mol. The van der Waals surface area contributed by atoms with E-state index in [9.17, 15) is 0 Å². The molecule has 0 saturated heterocycles. The van der Waals surface area contributed by atoms with Crippen LogP contribution in [0.5, 0.6) is 0 Å². The molecule has 0 aromatic heterocycles. The molecule has 3 nitrogen and oxygen atoms in total. The molecule has 0 heterocycles. The lowest BCUT2D eigenvalue weighted by Crippen LogP contribution is -2.27. The quantitative estimate of drug-likeness (QED) is 0.741. The van der Waals surface area contributed by atoms with Gasteiger partial charge in [-0.25, -0.2) is 0 Å². The van der Waals surface area contributed by atoms with E-state index < -0.39 is 0 Å². The second-order valence-corrected chi connectivity index (χ2v) is 5.30. The Kier molecular flexibility index (Phi) is 7.21. The summed E-state index contributed by atoms with van der Waals surface area (Å²) >= 11 is 6.32. The summed E-state index contributed by atoms with van der Waals surface area (Å²) in [5.74, 6) is 0. The number of nitrogens with zero attached hydrogens (tertiary/aromatic N) is 1. The maximum Gasteiger partial charge on any atom is 0.0641 e. The number of hydrogen-bond acceptors (Lipinski definition) is 3. The SMILES string of the molecule is CCOCCN(C)c1cccc(Cl)c1CNC(C)C. The molecule has 0 bridgehead atoms. The molecule has 0 aliphatic carbocycles. The number of benzene rings is 1. The molecule has 0 atom stereocenters. The van der Waals surface area contributed by atoms with Crippen LogP contribution < -0.4 is 10.2 Å². The predicted octanol–water partition coefficient (Wildman–Crippen LogP) is 3.31. The highest BCUT2D eigenvalue weighted by Crippen LogP contribution is 2.26. The third kappa shape index (κ3) is 5.39. The molecule has 1 N–H and O–H groups in total. The van der Waals surface area contributed by atoms with Crippen molar-refractivity contribution in [1.82, 2.24) is 5.32 Å². The van der Waals surface area contributed by atoms with E-state index >= 15 is 0 Å². The van der Waals surface area contributed by atoms with Crippen LogP contribution >= 0.6 is 11.6 Å². The Balaban J connectivity index is 2.77. The Labute approximate surface area is 121 Å². The lowest BCUT2D eigenvalue weighted by atomic mass is 10.1. The smallest absolute Gasteiger partial charge is 0.0641 e. The number of nitrogens with one attached hydrogen (secondary N) is 1. The van der Waals surface area contributed by atoms with Gasteiger partial charge in [-0.05, 0) is 19.1 Å². The van der Waals surface area contributed by atoms with Gasteiger partial charge in [0.15, 0.2) is 0 Å². The van der Waals surface area contributed by atoms with Gasteiger partial charge in [-0.15, -0.1) is 0 Å². The van der Waals surface area contributed by atoms with E-state index in [-0.39, 0.29) is 0 Å². The van der Waals surface area contributed by atoms with Gasteiger partial charge in [-0.2, -0.15) is 0 Å². The zero-order chi connectivity index (χ0) is 14.3. The normalized spacial score (nSPS) is 11.1. The molecule has 0 amide bonds.